The Kier molecular flexibility index (Phi) is 4.54. The Morgan fingerprint density at radius 2 is 1.95 bits per heavy atom. The number of nitrogens with one attached hydrogen (secondary N) is 1. The molecule has 2 rings (SSSR count). The molecule has 0 unspecified atom stereocenters. The minimum absolute atomic E-state index is 0.106. The van der Waals surface area contributed by atoms with Crippen molar-refractivity contribution in [3.63, 3.8) is 0 Å². The molecular weight excluding hydrogens is 282 g/mol. The molecule has 1 aromatic carbocycles. The minimum atomic E-state index is -0.926. The fourth-order valence-electron chi connectivity index (χ4n) is 2.63. The standard InChI is InChI=1S/C17H21NO4/c1-4-17(5-2,10-14(19)20)18-16(21)13-9-12-8-6-7-11(3)15(12)22-13/h6-9H,4-5,10H2,1-3H3,(H,18,21)(H,19,20). The first-order chi connectivity index (χ1) is 10.4. The summed E-state index contributed by atoms with van der Waals surface area (Å²) in [6, 6.07) is 7.39. The first-order valence-corrected chi connectivity index (χ1v) is 7.44. The van der Waals surface area contributed by atoms with Crippen molar-refractivity contribution in [1.82, 2.24) is 5.32 Å². The van der Waals surface area contributed by atoms with Crippen LogP contribution in [0.15, 0.2) is 28.7 Å². The van der Waals surface area contributed by atoms with Gasteiger partial charge in [0.2, 0.25) is 0 Å². The number of aryl methyl sites for hydroxylation is 1. The van der Waals surface area contributed by atoms with Crippen LogP contribution in [0.2, 0.25) is 0 Å². The van der Waals surface area contributed by atoms with Crippen LogP contribution in [0.5, 0.6) is 0 Å². The summed E-state index contributed by atoms with van der Waals surface area (Å²) in [6.07, 6.45) is 0.979. The second-order valence-electron chi connectivity index (χ2n) is 5.62. The molecule has 5 nitrogen and oxygen atoms in total. The van der Waals surface area contributed by atoms with E-state index in [1.807, 2.05) is 39.0 Å². The lowest BCUT2D eigenvalue weighted by Crippen LogP contribution is -2.49. The number of hydrogen-bond donors (Lipinski definition) is 2. The largest absolute Gasteiger partial charge is 0.481 e. The Morgan fingerprint density at radius 3 is 2.50 bits per heavy atom. The predicted molar refractivity (Wildman–Crippen MR) is 84.0 cm³/mol. The number of carbonyl (C=O) groups excluding carboxylic acids is 1. The van der Waals surface area contributed by atoms with Crippen molar-refractivity contribution in [2.24, 2.45) is 0 Å². The summed E-state index contributed by atoms with van der Waals surface area (Å²) in [5, 5.41) is 12.8. The van der Waals surface area contributed by atoms with Crippen LogP contribution in [0.25, 0.3) is 11.0 Å². The van der Waals surface area contributed by atoms with Gasteiger partial charge in [0, 0.05) is 5.39 Å². The van der Waals surface area contributed by atoms with E-state index in [9.17, 15) is 9.59 Å². The van der Waals surface area contributed by atoms with E-state index < -0.39 is 11.5 Å². The fraction of sp³-hybridized carbons (Fsp3) is 0.412. The van der Waals surface area contributed by atoms with Crippen LogP contribution in [-0.2, 0) is 4.79 Å². The molecule has 1 aromatic heterocycles. The lowest BCUT2D eigenvalue weighted by molar-refractivity contribution is -0.138. The molecule has 0 spiro atoms. The average molecular weight is 303 g/mol. The molecule has 2 aromatic rings. The third-order valence-electron chi connectivity index (χ3n) is 4.19. The van der Waals surface area contributed by atoms with E-state index in [0.29, 0.717) is 18.4 Å². The summed E-state index contributed by atoms with van der Waals surface area (Å²) >= 11 is 0. The number of fused-ring (bicyclic) bond motifs is 1. The highest BCUT2D eigenvalue weighted by Gasteiger charge is 2.32. The maximum Gasteiger partial charge on any atom is 0.305 e. The third-order valence-corrected chi connectivity index (χ3v) is 4.19. The van der Waals surface area contributed by atoms with Crippen molar-refractivity contribution in [2.75, 3.05) is 0 Å². The van der Waals surface area contributed by atoms with Crippen LogP contribution in [0.1, 0.15) is 49.2 Å². The molecule has 0 atom stereocenters. The molecule has 0 fully saturated rings. The van der Waals surface area contributed by atoms with Crippen LogP contribution in [0.3, 0.4) is 0 Å². The number of para-hydroxylation sites is 1. The molecule has 0 aliphatic heterocycles. The van der Waals surface area contributed by atoms with Gasteiger partial charge in [0.1, 0.15) is 5.58 Å². The molecule has 118 valence electrons. The lowest BCUT2D eigenvalue weighted by atomic mass is 9.89. The molecule has 0 bridgehead atoms. The van der Waals surface area contributed by atoms with Gasteiger partial charge >= 0.3 is 5.97 Å². The molecular formula is C17H21NO4. The van der Waals surface area contributed by atoms with Crippen LogP contribution in [0, 0.1) is 6.92 Å². The molecule has 22 heavy (non-hydrogen) atoms. The summed E-state index contributed by atoms with van der Waals surface area (Å²) in [5.41, 5.74) is 0.889. The zero-order chi connectivity index (χ0) is 16.3. The zero-order valence-electron chi connectivity index (χ0n) is 13.1. The van der Waals surface area contributed by atoms with Crippen molar-refractivity contribution < 1.29 is 19.1 Å². The number of aliphatic carboxylic acids is 1. The van der Waals surface area contributed by atoms with Gasteiger partial charge in [-0.05, 0) is 31.4 Å². The lowest BCUT2D eigenvalue weighted by Gasteiger charge is -2.30. The van der Waals surface area contributed by atoms with Gasteiger partial charge in [-0.3, -0.25) is 9.59 Å². The molecule has 1 heterocycles. The number of rotatable bonds is 6. The summed E-state index contributed by atoms with van der Waals surface area (Å²) in [5.74, 6) is -1.09. The van der Waals surface area contributed by atoms with E-state index in [0.717, 1.165) is 10.9 Å². The van der Waals surface area contributed by atoms with E-state index >= 15 is 0 Å². The van der Waals surface area contributed by atoms with Crippen LogP contribution in [-0.4, -0.2) is 22.5 Å². The quantitative estimate of drug-likeness (QED) is 0.856. The van der Waals surface area contributed by atoms with E-state index in [2.05, 4.69) is 5.32 Å². The van der Waals surface area contributed by atoms with Gasteiger partial charge < -0.3 is 14.8 Å². The summed E-state index contributed by atoms with van der Waals surface area (Å²) in [6.45, 7) is 5.66. The third kappa shape index (κ3) is 3.13. The molecule has 1 amide bonds. The van der Waals surface area contributed by atoms with E-state index in [-0.39, 0.29) is 18.1 Å². The van der Waals surface area contributed by atoms with Gasteiger partial charge in [0.15, 0.2) is 5.76 Å². The predicted octanol–water partition coefficient (Wildman–Crippen LogP) is 3.50. The number of benzene rings is 1. The van der Waals surface area contributed by atoms with Gasteiger partial charge in [-0.1, -0.05) is 32.0 Å². The maximum absolute atomic E-state index is 12.4. The van der Waals surface area contributed by atoms with Gasteiger partial charge in [-0.2, -0.15) is 0 Å². The smallest absolute Gasteiger partial charge is 0.305 e. The Labute approximate surface area is 129 Å². The number of furan rings is 1. The maximum atomic E-state index is 12.4. The Balaban J connectivity index is 2.29. The van der Waals surface area contributed by atoms with Crippen molar-refractivity contribution in [3.05, 3.63) is 35.6 Å². The zero-order valence-corrected chi connectivity index (χ0v) is 13.1. The van der Waals surface area contributed by atoms with Gasteiger partial charge in [0.25, 0.3) is 5.91 Å². The van der Waals surface area contributed by atoms with Crippen LogP contribution in [0.4, 0.5) is 0 Å². The van der Waals surface area contributed by atoms with Crippen molar-refractivity contribution >= 4 is 22.8 Å². The summed E-state index contributed by atoms with van der Waals surface area (Å²) in [4.78, 5) is 23.5. The van der Waals surface area contributed by atoms with Gasteiger partial charge in [0.05, 0.1) is 12.0 Å². The second-order valence-corrected chi connectivity index (χ2v) is 5.62. The first kappa shape index (κ1) is 16.1. The molecule has 0 aliphatic rings. The topological polar surface area (TPSA) is 79.5 Å². The molecule has 5 heteroatoms. The normalized spacial score (nSPS) is 11.6. The summed E-state index contributed by atoms with van der Waals surface area (Å²) < 4.78 is 5.64. The van der Waals surface area contributed by atoms with E-state index in [1.165, 1.54) is 0 Å². The molecule has 0 saturated heterocycles. The average Bonchev–Trinajstić information content (AvgIpc) is 2.91. The van der Waals surface area contributed by atoms with Crippen LogP contribution >= 0.6 is 0 Å². The highest BCUT2D eigenvalue weighted by atomic mass is 16.4. The number of carboxylic acids is 1. The van der Waals surface area contributed by atoms with Crippen molar-refractivity contribution in [3.8, 4) is 0 Å². The number of hydrogen-bond acceptors (Lipinski definition) is 3. The van der Waals surface area contributed by atoms with E-state index in [4.69, 9.17) is 9.52 Å². The second kappa shape index (κ2) is 6.22. The summed E-state index contributed by atoms with van der Waals surface area (Å²) in [7, 11) is 0. The Hall–Kier alpha value is -2.30. The molecule has 0 saturated carbocycles. The Bertz CT molecular complexity index is 698. The van der Waals surface area contributed by atoms with Crippen molar-refractivity contribution in [2.45, 2.75) is 45.6 Å². The monoisotopic (exact) mass is 303 g/mol. The first-order valence-electron chi connectivity index (χ1n) is 7.44. The Morgan fingerprint density at radius 1 is 1.27 bits per heavy atom. The SMILES string of the molecule is CCC(CC)(CC(=O)O)NC(=O)c1cc2cccc(C)c2o1. The van der Waals surface area contributed by atoms with Crippen LogP contribution < -0.4 is 5.32 Å². The highest BCUT2D eigenvalue weighted by molar-refractivity contribution is 5.97. The van der Waals surface area contributed by atoms with Gasteiger partial charge in [-0.25, -0.2) is 0 Å². The number of carboxylic acid groups (broad SMARTS) is 1. The number of carbonyl (C=O) groups is 2. The highest BCUT2D eigenvalue weighted by Crippen LogP contribution is 2.25. The number of amides is 1. The van der Waals surface area contributed by atoms with Gasteiger partial charge in [-0.15, -0.1) is 0 Å². The van der Waals surface area contributed by atoms with E-state index in [1.54, 1.807) is 6.07 Å². The minimum Gasteiger partial charge on any atom is -0.481 e. The molecule has 2 N–H and O–H groups in total. The molecule has 0 radical (unpaired) electrons. The van der Waals surface area contributed by atoms with Crippen molar-refractivity contribution in [1.29, 1.82) is 0 Å². The fourth-order valence-corrected chi connectivity index (χ4v) is 2.63. The molecule has 0 aliphatic carbocycles.